The fourth-order valence-electron chi connectivity index (χ4n) is 3.97. The highest BCUT2D eigenvalue weighted by Crippen LogP contribution is 2.40. The molecule has 174 valence electrons. The Kier molecular flexibility index (Phi) is 7.04. The second-order valence-electron chi connectivity index (χ2n) is 7.83. The van der Waals surface area contributed by atoms with Gasteiger partial charge in [-0.15, -0.1) is 0 Å². The van der Waals surface area contributed by atoms with E-state index in [1.807, 2.05) is 30.3 Å². The van der Waals surface area contributed by atoms with E-state index in [0.29, 0.717) is 30.1 Å². The molecule has 6 nitrogen and oxygen atoms in total. The third kappa shape index (κ3) is 4.84. The van der Waals surface area contributed by atoms with Crippen LogP contribution in [0.4, 0.5) is 4.39 Å². The molecule has 1 aliphatic heterocycles. The molecule has 1 unspecified atom stereocenters. The normalized spacial score (nSPS) is 17.2. The van der Waals surface area contributed by atoms with Crippen LogP contribution in [0.15, 0.2) is 84.4 Å². The Labute approximate surface area is 196 Å². The number of ketones is 1. The van der Waals surface area contributed by atoms with Crippen LogP contribution in [0, 0.1) is 5.82 Å². The van der Waals surface area contributed by atoms with E-state index in [1.54, 1.807) is 31.4 Å². The summed E-state index contributed by atoms with van der Waals surface area (Å²) in [5, 5.41) is 11.0. The summed E-state index contributed by atoms with van der Waals surface area (Å²) < 4.78 is 24.4. The van der Waals surface area contributed by atoms with Gasteiger partial charge in [0.1, 0.15) is 23.1 Å². The van der Waals surface area contributed by atoms with Gasteiger partial charge in [0.15, 0.2) is 0 Å². The number of methoxy groups -OCH3 is 1. The third-order valence-electron chi connectivity index (χ3n) is 5.56. The Hall–Kier alpha value is -3.97. The Morgan fingerprint density at radius 1 is 0.971 bits per heavy atom. The minimum absolute atomic E-state index is 0.0501. The van der Waals surface area contributed by atoms with E-state index in [9.17, 15) is 19.1 Å². The minimum atomic E-state index is -0.832. The van der Waals surface area contributed by atoms with Gasteiger partial charge in [-0.2, -0.15) is 0 Å². The molecule has 34 heavy (non-hydrogen) atoms. The zero-order valence-electron chi connectivity index (χ0n) is 18.6. The van der Waals surface area contributed by atoms with Gasteiger partial charge in [-0.25, -0.2) is 4.39 Å². The standard InChI is InChI=1S/C27H24FNO5/c1-33-16-6-15-29-24(19-7-5-10-22(17-19)34-21-8-3-2-4-9-21)23(26(31)27(29)32)25(30)18-11-13-20(28)14-12-18/h2-5,7-14,17,24,30H,6,15-16H2,1H3. The second-order valence-corrected chi connectivity index (χ2v) is 7.83. The molecular formula is C27H24FNO5. The van der Waals surface area contributed by atoms with Crippen molar-refractivity contribution >= 4 is 17.4 Å². The molecule has 0 saturated carbocycles. The van der Waals surface area contributed by atoms with Gasteiger partial charge >= 0.3 is 0 Å². The summed E-state index contributed by atoms with van der Waals surface area (Å²) in [5.41, 5.74) is 0.803. The first kappa shape index (κ1) is 23.2. The SMILES string of the molecule is COCCCN1C(=O)C(=O)C(=C(O)c2ccc(F)cc2)C1c1cccc(Oc2ccccc2)c1. The number of likely N-dealkylation sites (tertiary alicyclic amines) is 1. The predicted molar refractivity (Wildman–Crippen MR) is 125 cm³/mol. The number of ether oxygens (including phenoxy) is 2. The molecule has 0 bridgehead atoms. The first-order valence-corrected chi connectivity index (χ1v) is 10.9. The largest absolute Gasteiger partial charge is 0.507 e. The molecule has 0 spiro atoms. The molecular weight excluding hydrogens is 437 g/mol. The van der Waals surface area contributed by atoms with Crippen LogP contribution in [0.3, 0.4) is 0 Å². The topological polar surface area (TPSA) is 76.1 Å². The number of hydrogen-bond acceptors (Lipinski definition) is 5. The quantitative estimate of drug-likeness (QED) is 0.219. The van der Waals surface area contributed by atoms with Crippen molar-refractivity contribution in [2.24, 2.45) is 0 Å². The molecule has 1 aliphatic rings. The minimum Gasteiger partial charge on any atom is -0.507 e. The van der Waals surface area contributed by atoms with Crippen LogP contribution in [0.2, 0.25) is 0 Å². The van der Waals surface area contributed by atoms with Crippen molar-refractivity contribution in [2.45, 2.75) is 12.5 Å². The molecule has 1 fully saturated rings. The van der Waals surface area contributed by atoms with Gasteiger partial charge in [-0.1, -0.05) is 30.3 Å². The van der Waals surface area contributed by atoms with Gasteiger partial charge in [-0.05, 0) is 60.5 Å². The summed E-state index contributed by atoms with van der Waals surface area (Å²) in [7, 11) is 1.56. The number of carbonyl (C=O) groups is 2. The Morgan fingerprint density at radius 2 is 1.68 bits per heavy atom. The smallest absolute Gasteiger partial charge is 0.295 e. The average molecular weight is 461 g/mol. The van der Waals surface area contributed by atoms with Crippen molar-refractivity contribution < 1.29 is 28.6 Å². The maximum Gasteiger partial charge on any atom is 0.295 e. The third-order valence-corrected chi connectivity index (χ3v) is 5.56. The number of amides is 1. The molecule has 0 radical (unpaired) electrons. The molecule has 7 heteroatoms. The van der Waals surface area contributed by atoms with E-state index >= 15 is 0 Å². The molecule has 1 N–H and O–H groups in total. The van der Waals surface area contributed by atoms with Crippen LogP contribution in [0.25, 0.3) is 5.76 Å². The highest BCUT2D eigenvalue weighted by atomic mass is 19.1. The van der Waals surface area contributed by atoms with Gasteiger partial charge < -0.3 is 19.5 Å². The van der Waals surface area contributed by atoms with Crippen LogP contribution < -0.4 is 4.74 Å². The molecule has 1 amide bonds. The number of hydrogen-bond donors (Lipinski definition) is 1. The monoisotopic (exact) mass is 461 g/mol. The first-order valence-electron chi connectivity index (χ1n) is 10.9. The lowest BCUT2D eigenvalue weighted by atomic mass is 9.95. The lowest BCUT2D eigenvalue weighted by Gasteiger charge is -2.25. The molecule has 0 aliphatic carbocycles. The van der Waals surface area contributed by atoms with E-state index in [-0.39, 0.29) is 23.4 Å². The Morgan fingerprint density at radius 3 is 2.38 bits per heavy atom. The van der Waals surface area contributed by atoms with Crippen molar-refractivity contribution in [3.8, 4) is 11.5 Å². The molecule has 3 aromatic rings. The Balaban J connectivity index is 1.78. The first-order chi connectivity index (χ1) is 16.5. The van der Waals surface area contributed by atoms with Crippen LogP contribution in [0.1, 0.15) is 23.6 Å². The summed E-state index contributed by atoms with van der Waals surface area (Å²) in [6, 6.07) is 20.6. The second kappa shape index (κ2) is 10.3. The van der Waals surface area contributed by atoms with E-state index in [1.165, 1.54) is 29.2 Å². The fraction of sp³-hybridized carbons (Fsp3) is 0.185. The summed E-state index contributed by atoms with van der Waals surface area (Å²) in [5.74, 6) is -1.17. The lowest BCUT2D eigenvalue weighted by Crippen LogP contribution is -2.31. The Bertz CT molecular complexity index is 1210. The number of halogens is 1. The maximum absolute atomic E-state index is 13.4. The van der Waals surface area contributed by atoms with E-state index in [2.05, 4.69) is 0 Å². The van der Waals surface area contributed by atoms with E-state index < -0.39 is 23.5 Å². The fourth-order valence-corrected chi connectivity index (χ4v) is 3.97. The molecule has 1 heterocycles. The molecule has 3 aromatic carbocycles. The van der Waals surface area contributed by atoms with Gasteiger partial charge in [0.25, 0.3) is 11.7 Å². The summed E-state index contributed by atoms with van der Waals surface area (Å²) in [6.45, 7) is 0.665. The number of rotatable bonds is 8. The molecule has 1 atom stereocenters. The van der Waals surface area contributed by atoms with Gasteiger partial charge in [0, 0.05) is 25.8 Å². The number of aliphatic hydroxyl groups is 1. The van der Waals surface area contributed by atoms with Crippen molar-refractivity contribution in [3.63, 3.8) is 0 Å². The molecule has 1 saturated heterocycles. The zero-order valence-corrected chi connectivity index (χ0v) is 18.6. The number of aliphatic hydroxyl groups excluding tert-OH is 1. The van der Waals surface area contributed by atoms with Crippen LogP contribution in [-0.2, 0) is 14.3 Å². The van der Waals surface area contributed by atoms with Crippen LogP contribution in [-0.4, -0.2) is 42.0 Å². The van der Waals surface area contributed by atoms with Crippen LogP contribution in [0.5, 0.6) is 11.5 Å². The number of benzene rings is 3. The predicted octanol–water partition coefficient (Wildman–Crippen LogP) is 5.08. The van der Waals surface area contributed by atoms with Crippen molar-refractivity contribution in [1.29, 1.82) is 0 Å². The maximum atomic E-state index is 13.4. The van der Waals surface area contributed by atoms with Gasteiger partial charge in [-0.3, -0.25) is 9.59 Å². The highest BCUT2D eigenvalue weighted by molar-refractivity contribution is 6.46. The average Bonchev–Trinajstić information content (AvgIpc) is 3.10. The number of carbonyl (C=O) groups excluding carboxylic acids is 2. The zero-order chi connectivity index (χ0) is 24.1. The number of para-hydroxylation sites is 1. The van der Waals surface area contributed by atoms with E-state index in [4.69, 9.17) is 9.47 Å². The summed E-state index contributed by atoms with van der Waals surface area (Å²) in [4.78, 5) is 27.4. The van der Waals surface area contributed by atoms with E-state index in [0.717, 1.165) is 0 Å². The molecule has 0 aromatic heterocycles. The highest BCUT2D eigenvalue weighted by Gasteiger charge is 2.45. The molecule has 4 rings (SSSR count). The van der Waals surface area contributed by atoms with Crippen molar-refractivity contribution in [1.82, 2.24) is 4.90 Å². The number of Topliss-reactive ketones (excluding diaryl/α,β-unsaturated/α-hetero) is 1. The van der Waals surface area contributed by atoms with Crippen molar-refractivity contribution in [3.05, 3.63) is 101 Å². The van der Waals surface area contributed by atoms with Gasteiger partial charge in [0.05, 0.1) is 11.6 Å². The van der Waals surface area contributed by atoms with Crippen molar-refractivity contribution in [2.75, 3.05) is 20.3 Å². The number of nitrogens with zero attached hydrogens (tertiary/aromatic N) is 1. The lowest BCUT2D eigenvalue weighted by molar-refractivity contribution is -0.140. The summed E-state index contributed by atoms with van der Waals surface area (Å²) >= 11 is 0. The van der Waals surface area contributed by atoms with Crippen LogP contribution >= 0.6 is 0 Å². The van der Waals surface area contributed by atoms with Gasteiger partial charge in [0.2, 0.25) is 0 Å². The summed E-state index contributed by atoms with van der Waals surface area (Å²) in [6.07, 6.45) is 0.511.